The summed E-state index contributed by atoms with van der Waals surface area (Å²) in [7, 11) is 0. The summed E-state index contributed by atoms with van der Waals surface area (Å²) in [6, 6.07) is 15.9. The van der Waals surface area contributed by atoms with Crippen LogP contribution in [0.4, 0.5) is 5.69 Å². The molecule has 0 aliphatic heterocycles. The maximum Gasteiger partial charge on any atom is 0.194 e. The summed E-state index contributed by atoms with van der Waals surface area (Å²) in [4.78, 5) is 8.12. The van der Waals surface area contributed by atoms with Gasteiger partial charge in [-0.15, -0.1) is 0 Å². The van der Waals surface area contributed by atoms with Crippen LogP contribution in [0, 0.1) is 6.57 Å². The van der Waals surface area contributed by atoms with Gasteiger partial charge in [0.25, 0.3) is 0 Å². The predicted octanol–water partition coefficient (Wildman–Crippen LogP) is 6.32. The molecule has 0 N–H and O–H groups in total. The number of fused-ring (bicyclic) bond motifs is 3. The maximum atomic E-state index is 7.44. The summed E-state index contributed by atoms with van der Waals surface area (Å²) in [6.07, 6.45) is 1.79. The lowest BCUT2D eigenvalue weighted by atomic mass is 9.98. The lowest BCUT2D eigenvalue weighted by molar-refractivity contribution is 0.658. The van der Waals surface area contributed by atoms with E-state index in [0.29, 0.717) is 5.69 Å². The van der Waals surface area contributed by atoms with Crippen molar-refractivity contribution in [3.63, 3.8) is 0 Å². The Labute approximate surface area is 140 Å². The van der Waals surface area contributed by atoms with E-state index in [4.69, 9.17) is 11.0 Å². The fourth-order valence-corrected chi connectivity index (χ4v) is 3.25. The number of pyridine rings is 1. The third-order valence-corrected chi connectivity index (χ3v) is 4.32. The van der Waals surface area contributed by atoms with Crippen LogP contribution in [-0.2, 0) is 0 Å². The van der Waals surface area contributed by atoms with Crippen LogP contribution in [0.5, 0.6) is 0 Å². The Morgan fingerprint density at radius 3 is 2.50 bits per heavy atom. The zero-order valence-electron chi connectivity index (χ0n) is 13.6. The number of para-hydroxylation sites is 1. The highest BCUT2D eigenvalue weighted by atomic mass is 16.3. The van der Waals surface area contributed by atoms with E-state index < -0.39 is 0 Å². The summed E-state index contributed by atoms with van der Waals surface area (Å²) in [5, 5.41) is 2.12. The topological polar surface area (TPSA) is 30.4 Å². The fourth-order valence-electron chi connectivity index (χ4n) is 3.25. The van der Waals surface area contributed by atoms with Crippen LogP contribution < -0.4 is 0 Å². The molecule has 0 fully saturated rings. The van der Waals surface area contributed by atoms with Gasteiger partial charge in [-0.3, -0.25) is 4.98 Å². The van der Waals surface area contributed by atoms with Crippen molar-refractivity contribution in [1.29, 1.82) is 0 Å². The number of hydrogen-bond donors (Lipinski definition) is 0. The standard InChI is InChI=1S/C21H16N2O/c1-13(2)19-18(22-3)11-10-15-14-7-6-8-16(20(14)24-21(15)19)17-9-4-5-12-23-17/h4-13H,1-2H3. The van der Waals surface area contributed by atoms with Crippen LogP contribution in [-0.4, -0.2) is 4.98 Å². The van der Waals surface area contributed by atoms with E-state index in [-0.39, 0.29) is 5.92 Å². The molecule has 0 radical (unpaired) electrons. The van der Waals surface area contributed by atoms with E-state index in [1.807, 2.05) is 42.5 Å². The zero-order valence-corrected chi connectivity index (χ0v) is 13.6. The summed E-state index contributed by atoms with van der Waals surface area (Å²) < 4.78 is 6.29. The van der Waals surface area contributed by atoms with Crippen molar-refractivity contribution in [2.45, 2.75) is 19.8 Å². The average Bonchev–Trinajstić information content (AvgIpc) is 2.99. The minimum Gasteiger partial charge on any atom is -0.456 e. The van der Waals surface area contributed by atoms with Crippen molar-refractivity contribution in [2.75, 3.05) is 0 Å². The van der Waals surface area contributed by atoms with E-state index in [2.05, 4.69) is 29.7 Å². The second kappa shape index (κ2) is 5.50. The second-order valence-electron chi connectivity index (χ2n) is 6.14. The third kappa shape index (κ3) is 2.08. The first-order valence-electron chi connectivity index (χ1n) is 7.97. The maximum absolute atomic E-state index is 7.44. The quantitative estimate of drug-likeness (QED) is 0.405. The van der Waals surface area contributed by atoms with Gasteiger partial charge < -0.3 is 4.42 Å². The van der Waals surface area contributed by atoms with Gasteiger partial charge in [-0.05, 0) is 24.1 Å². The van der Waals surface area contributed by atoms with Crippen molar-refractivity contribution in [3.8, 4) is 11.3 Å². The average molecular weight is 312 g/mol. The van der Waals surface area contributed by atoms with E-state index in [1.54, 1.807) is 6.20 Å². The minimum absolute atomic E-state index is 0.219. The Kier molecular flexibility index (Phi) is 3.32. The SMILES string of the molecule is [C-]#[N+]c1ccc2c(oc3c(-c4ccccn4)cccc32)c1C(C)C. The Morgan fingerprint density at radius 2 is 1.79 bits per heavy atom. The minimum atomic E-state index is 0.219. The lowest BCUT2D eigenvalue weighted by Crippen LogP contribution is -1.88. The Morgan fingerprint density at radius 1 is 0.958 bits per heavy atom. The highest BCUT2D eigenvalue weighted by Gasteiger charge is 2.19. The highest BCUT2D eigenvalue weighted by Crippen LogP contribution is 2.41. The number of benzene rings is 2. The van der Waals surface area contributed by atoms with Gasteiger partial charge in [0, 0.05) is 28.1 Å². The second-order valence-corrected chi connectivity index (χ2v) is 6.14. The lowest BCUT2D eigenvalue weighted by Gasteiger charge is -2.08. The molecule has 0 saturated carbocycles. The monoisotopic (exact) mass is 312 g/mol. The van der Waals surface area contributed by atoms with Gasteiger partial charge >= 0.3 is 0 Å². The summed E-state index contributed by atoms with van der Waals surface area (Å²) in [5.41, 5.74) is 5.15. The van der Waals surface area contributed by atoms with E-state index in [1.165, 1.54) is 0 Å². The van der Waals surface area contributed by atoms with Gasteiger partial charge in [0.1, 0.15) is 11.2 Å². The molecular weight excluding hydrogens is 296 g/mol. The summed E-state index contributed by atoms with van der Waals surface area (Å²) in [5.74, 6) is 0.219. The van der Waals surface area contributed by atoms with Crippen LogP contribution in [0.3, 0.4) is 0 Å². The zero-order chi connectivity index (χ0) is 16.7. The van der Waals surface area contributed by atoms with Gasteiger partial charge in [0.2, 0.25) is 0 Å². The predicted molar refractivity (Wildman–Crippen MR) is 97.3 cm³/mol. The Balaban J connectivity index is 2.13. The van der Waals surface area contributed by atoms with Crippen LogP contribution >= 0.6 is 0 Å². The molecule has 24 heavy (non-hydrogen) atoms. The molecule has 2 heterocycles. The van der Waals surface area contributed by atoms with Crippen LogP contribution in [0.1, 0.15) is 25.3 Å². The summed E-state index contributed by atoms with van der Waals surface area (Å²) >= 11 is 0. The number of nitrogens with zero attached hydrogens (tertiary/aromatic N) is 2. The van der Waals surface area contributed by atoms with Gasteiger partial charge in [-0.25, -0.2) is 4.85 Å². The van der Waals surface area contributed by atoms with Crippen LogP contribution in [0.15, 0.2) is 59.1 Å². The first kappa shape index (κ1) is 14.5. The molecule has 0 saturated heterocycles. The van der Waals surface area contributed by atoms with E-state index >= 15 is 0 Å². The van der Waals surface area contributed by atoms with Gasteiger partial charge in [-0.2, -0.15) is 0 Å². The molecule has 0 atom stereocenters. The van der Waals surface area contributed by atoms with Crippen LogP contribution in [0.25, 0.3) is 38.0 Å². The molecule has 0 amide bonds. The number of aromatic nitrogens is 1. The number of rotatable bonds is 2. The van der Waals surface area contributed by atoms with E-state index in [9.17, 15) is 0 Å². The normalized spacial score (nSPS) is 11.2. The molecule has 2 aromatic carbocycles. The fraction of sp³-hybridized carbons (Fsp3) is 0.143. The molecule has 3 nitrogen and oxygen atoms in total. The molecule has 0 spiro atoms. The first-order valence-corrected chi connectivity index (χ1v) is 7.97. The van der Waals surface area contributed by atoms with Gasteiger partial charge in [-0.1, -0.05) is 44.2 Å². The smallest absolute Gasteiger partial charge is 0.194 e. The molecule has 0 aliphatic carbocycles. The molecule has 0 unspecified atom stereocenters. The number of hydrogen-bond acceptors (Lipinski definition) is 2. The Hall–Kier alpha value is -3.12. The molecular formula is C21H16N2O. The molecule has 4 rings (SSSR count). The first-order chi connectivity index (χ1) is 11.7. The van der Waals surface area contributed by atoms with Gasteiger partial charge in [0.05, 0.1) is 12.3 Å². The Bertz CT molecular complexity index is 1090. The molecule has 0 bridgehead atoms. The van der Waals surface area contributed by atoms with Crippen molar-refractivity contribution in [2.24, 2.45) is 0 Å². The molecule has 0 aliphatic rings. The highest BCUT2D eigenvalue weighted by molar-refractivity contribution is 6.11. The van der Waals surface area contributed by atoms with Crippen molar-refractivity contribution in [3.05, 3.63) is 71.7 Å². The molecule has 2 aromatic heterocycles. The summed E-state index contributed by atoms with van der Waals surface area (Å²) in [6.45, 7) is 11.6. The van der Waals surface area contributed by atoms with Crippen molar-refractivity contribution >= 4 is 27.6 Å². The molecule has 3 heteroatoms. The third-order valence-electron chi connectivity index (χ3n) is 4.32. The van der Waals surface area contributed by atoms with Crippen molar-refractivity contribution in [1.82, 2.24) is 4.98 Å². The number of furan rings is 1. The molecule has 4 aromatic rings. The van der Waals surface area contributed by atoms with Crippen LogP contribution in [0.2, 0.25) is 0 Å². The van der Waals surface area contributed by atoms with Crippen molar-refractivity contribution < 1.29 is 4.42 Å². The van der Waals surface area contributed by atoms with E-state index in [0.717, 1.165) is 38.8 Å². The largest absolute Gasteiger partial charge is 0.456 e. The van der Waals surface area contributed by atoms with Gasteiger partial charge in [0.15, 0.2) is 5.69 Å². The molecule has 116 valence electrons.